The number of nitrogens with zero attached hydrogens (tertiary/aromatic N) is 5. The quantitative estimate of drug-likeness (QED) is 0.143. The second-order valence-corrected chi connectivity index (χ2v) is 18.9. The molecular formula is C45H67FN6O9S. The highest BCUT2D eigenvalue weighted by molar-refractivity contribution is 7.13. The topological polar surface area (TPSA) is 208 Å². The van der Waals surface area contributed by atoms with Gasteiger partial charge in [-0.2, -0.15) is 0 Å². The van der Waals surface area contributed by atoms with E-state index in [4.69, 9.17) is 24.8 Å². The van der Waals surface area contributed by atoms with Gasteiger partial charge in [0.15, 0.2) is 18.7 Å². The second kappa shape index (κ2) is 20.8. The lowest BCUT2D eigenvalue weighted by atomic mass is 9.69. The van der Waals surface area contributed by atoms with Gasteiger partial charge in [0.2, 0.25) is 5.91 Å². The average Bonchev–Trinajstić information content (AvgIpc) is 3.66. The molecule has 1 aliphatic carbocycles. The van der Waals surface area contributed by atoms with Gasteiger partial charge in [0.1, 0.15) is 28.6 Å². The van der Waals surface area contributed by atoms with Crippen LogP contribution < -0.4 is 5.73 Å². The molecule has 0 unspecified atom stereocenters. The number of ether oxygens (including phenoxy) is 3. The number of cyclic esters (lactones) is 1. The zero-order chi connectivity index (χ0) is 45.7. The maximum atomic E-state index is 16.9. The molecule has 4 heterocycles. The molecule has 2 saturated heterocycles. The number of nitrogen functional groups attached to an aromatic ring is 1. The molecule has 3 fully saturated rings. The highest BCUT2D eigenvalue weighted by Gasteiger charge is 2.54. The Morgan fingerprint density at radius 1 is 1.10 bits per heavy atom. The van der Waals surface area contributed by atoms with E-state index in [1.54, 1.807) is 32.3 Å². The number of ketones is 1. The number of hydrogen-bond acceptors (Lipinski definition) is 15. The van der Waals surface area contributed by atoms with Gasteiger partial charge in [-0.1, -0.05) is 39.8 Å². The number of halogens is 1. The number of oxime groups is 1. The summed E-state index contributed by atoms with van der Waals surface area (Å²) in [6.07, 6.45) is -0.863. The van der Waals surface area contributed by atoms with Crippen LogP contribution in [0.2, 0.25) is 0 Å². The first-order chi connectivity index (χ1) is 29.2. The van der Waals surface area contributed by atoms with Crippen LogP contribution in [0.3, 0.4) is 0 Å². The number of aliphatic hydroxyl groups excluding tert-OH is 1. The standard InChI is InChI=1S/C45H67FN6O9S/c1-11-34-45(8,57)32-18-17-30(51-58-22-31-16-14-29(21-48-31)41-49-35(47)23-62-41)15-13-28(19-24(3)37(26(32)5)50-36(53)12-2)39(27(6)40(55)44(7,46)43(56)60-34)61-42-38(54)33(52(9)10)20-25(4)59-42/h14,16,21,23-28,32-34,38-39,42,54,57H,11-13,15,17-20,22,47H2,1-10H3/b50-37?,51-30-/t24-,25-,26-,27-,28-,32-,33+,34-,38-,39-,42+,44+,45+/m1/s1. The van der Waals surface area contributed by atoms with E-state index in [1.807, 2.05) is 51.9 Å². The zero-order valence-corrected chi connectivity index (χ0v) is 38.7. The summed E-state index contributed by atoms with van der Waals surface area (Å²) in [6.45, 7) is 13.2. The number of esters is 1. The van der Waals surface area contributed by atoms with Crippen LogP contribution in [0.25, 0.3) is 10.6 Å². The van der Waals surface area contributed by atoms with E-state index in [0.29, 0.717) is 61.5 Å². The van der Waals surface area contributed by atoms with Gasteiger partial charge in [-0.05, 0) is 110 Å². The van der Waals surface area contributed by atoms with E-state index < -0.39 is 77.2 Å². The van der Waals surface area contributed by atoms with Crippen molar-refractivity contribution in [1.82, 2.24) is 14.9 Å². The smallest absolute Gasteiger partial charge is 0.351 e. The number of thiazole rings is 1. The van der Waals surface area contributed by atoms with Crippen LogP contribution in [0.4, 0.5) is 10.2 Å². The van der Waals surface area contributed by atoms with Crippen molar-refractivity contribution in [3.05, 3.63) is 29.4 Å². The van der Waals surface area contributed by atoms with Crippen molar-refractivity contribution in [3.8, 4) is 10.6 Å². The Hall–Kier alpha value is -3.74. The number of alkyl halides is 1. The van der Waals surface area contributed by atoms with Crippen molar-refractivity contribution >= 4 is 46.2 Å². The zero-order valence-electron chi connectivity index (χ0n) is 37.9. The van der Waals surface area contributed by atoms with E-state index in [0.717, 1.165) is 17.5 Å². The number of fused-ring (bicyclic) bond motifs is 5. The fraction of sp³-hybridized carbons (Fsp3) is 0.711. The number of aliphatic hydroxyl groups is 2. The van der Waals surface area contributed by atoms with Crippen LogP contribution in [0.1, 0.15) is 112 Å². The first-order valence-corrected chi connectivity index (χ1v) is 22.8. The molecule has 0 aromatic carbocycles. The summed E-state index contributed by atoms with van der Waals surface area (Å²) < 4.78 is 35.7. The van der Waals surface area contributed by atoms with Crippen molar-refractivity contribution in [2.24, 2.45) is 39.7 Å². The molecule has 3 aliphatic rings. The Morgan fingerprint density at radius 2 is 1.81 bits per heavy atom. The number of anilines is 1. The van der Waals surface area contributed by atoms with Gasteiger partial charge >= 0.3 is 5.97 Å². The fourth-order valence-electron chi connectivity index (χ4n) is 9.48. The number of nitrogens with two attached hydrogens (primary N) is 1. The normalized spacial score (nSPS) is 36.8. The predicted octanol–water partition coefficient (Wildman–Crippen LogP) is 6.34. The van der Waals surface area contributed by atoms with Gasteiger partial charge in [-0.25, -0.2) is 19.2 Å². The van der Waals surface area contributed by atoms with E-state index in [9.17, 15) is 24.6 Å². The minimum Gasteiger partial charge on any atom is -0.457 e. The maximum Gasteiger partial charge on any atom is 0.351 e. The number of rotatable bonds is 9. The average molecular weight is 887 g/mol. The van der Waals surface area contributed by atoms with E-state index in [2.05, 4.69) is 20.1 Å². The van der Waals surface area contributed by atoms with Crippen LogP contribution in [0, 0.1) is 29.6 Å². The number of aromatic nitrogens is 2. The first-order valence-electron chi connectivity index (χ1n) is 22.0. The Labute approximate surface area is 369 Å². The molecule has 2 bridgehead atoms. The van der Waals surface area contributed by atoms with Crippen molar-refractivity contribution < 1.29 is 48.0 Å². The molecule has 5 rings (SSSR count). The molecule has 2 aromatic rings. The fourth-order valence-corrected chi connectivity index (χ4v) is 10.2. The lowest BCUT2D eigenvalue weighted by Gasteiger charge is -2.45. The van der Waals surface area contributed by atoms with Crippen LogP contribution in [-0.4, -0.2) is 116 Å². The summed E-state index contributed by atoms with van der Waals surface area (Å²) in [5.74, 6) is -5.81. The molecule has 4 N–H and O–H groups in total. The van der Waals surface area contributed by atoms with Crippen LogP contribution >= 0.6 is 11.3 Å². The van der Waals surface area contributed by atoms with Crippen molar-refractivity contribution in [3.63, 3.8) is 0 Å². The third-order valence-corrected chi connectivity index (χ3v) is 14.1. The number of pyridine rings is 1. The summed E-state index contributed by atoms with van der Waals surface area (Å²) in [6, 6.07) is 3.37. The molecule has 0 radical (unpaired) electrons. The van der Waals surface area contributed by atoms with Crippen LogP contribution in [-0.2, 0) is 40.0 Å². The molecule has 1 amide bonds. The Balaban J connectivity index is 1.62. The Morgan fingerprint density at radius 3 is 2.42 bits per heavy atom. The maximum absolute atomic E-state index is 16.9. The summed E-state index contributed by atoms with van der Waals surface area (Å²) in [5.41, 5.74) is 3.57. The largest absolute Gasteiger partial charge is 0.457 e. The highest BCUT2D eigenvalue weighted by Crippen LogP contribution is 2.42. The minimum atomic E-state index is -3.11. The summed E-state index contributed by atoms with van der Waals surface area (Å²) >= 11 is 1.42. The molecule has 17 heteroatoms. The predicted molar refractivity (Wildman–Crippen MR) is 235 cm³/mol. The monoisotopic (exact) mass is 886 g/mol. The van der Waals surface area contributed by atoms with Gasteiger partial charge in [-0.3, -0.25) is 14.6 Å². The lowest BCUT2D eigenvalue weighted by molar-refractivity contribution is -0.279. The van der Waals surface area contributed by atoms with Crippen LogP contribution in [0.15, 0.2) is 33.9 Å². The van der Waals surface area contributed by atoms with Crippen molar-refractivity contribution in [2.45, 2.75) is 161 Å². The SMILES string of the molecule is CCC(=O)N=C1[C@H](C)C[C@H]2CC/C(=N/OCc3ccc(-c4nc(N)cs4)cn3)CC[C@H]([C@H]1C)[C@](C)(O)[C@@H](CC)OC(=O)[C@@](C)(F)C(=O)[C@H](C)[C@H]2O[C@@H]1O[C@H](C)C[C@H](N(C)C)[C@H]1O. The van der Waals surface area contributed by atoms with E-state index >= 15 is 4.39 Å². The Bertz CT molecular complexity index is 1920. The molecule has 13 atom stereocenters. The number of Topliss-reactive ketones (excluding diaryl/α,β-unsaturated/α-hetero) is 1. The van der Waals surface area contributed by atoms with Crippen molar-refractivity contribution in [1.29, 1.82) is 0 Å². The van der Waals surface area contributed by atoms with Crippen LogP contribution in [0.5, 0.6) is 0 Å². The van der Waals surface area contributed by atoms with Gasteiger partial charge in [-0.15, -0.1) is 11.3 Å². The minimum absolute atomic E-state index is 0.0556. The summed E-state index contributed by atoms with van der Waals surface area (Å²) in [5, 5.41) is 31.4. The molecule has 15 nitrogen and oxygen atoms in total. The molecule has 2 aliphatic heterocycles. The number of likely N-dealkylation sites (N-methyl/N-ethyl adjacent to an activating group) is 1. The summed E-state index contributed by atoms with van der Waals surface area (Å²) in [7, 11) is 3.70. The number of hydrogen-bond donors (Lipinski definition) is 3. The lowest BCUT2D eigenvalue weighted by Crippen LogP contribution is -2.57. The number of amides is 1. The number of carbonyl (C=O) groups excluding carboxylic acids is 3. The first kappa shape index (κ1) is 49.3. The summed E-state index contributed by atoms with van der Waals surface area (Å²) in [4.78, 5) is 62.9. The number of carbonyl (C=O) groups is 3. The highest BCUT2D eigenvalue weighted by atomic mass is 32.1. The molecule has 1 saturated carbocycles. The molecule has 344 valence electrons. The number of aliphatic imine (C=N–C) groups is 1. The third-order valence-electron chi connectivity index (χ3n) is 13.1. The molecular weight excluding hydrogens is 820 g/mol. The van der Waals surface area contributed by atoms with Crippen molar-refractivity contribution in [2.75, 3.05) is 19.8 Å². The van der Waals surface area contributed by atoms with Gasteiger partial charge in [0.25, 0.3) is 5.67 Å². The van der Waals surface area contributed by atoms with E-state index in [1.165, 1.54) is 18.3 Å². The second-order valence-electron chi connectivity index (χ2n) is 18.1. The third kappa shape index (κ3) is 11.3. The van der Waals surface area contributed by atoms with Gasteiger partial charge in [0.05, 0.1) is 23.6 Å². The molecule has 2 aromatic heterocycles. The van der Waals surface area contributed by atoms with Gasteiger partial charge < -0.3 is 39.9 Å². The van der Waals surface area contributed by atoms with E-state index in [-0.39, 0.29) is 37.5 Å². The van der Waals surface area contributed by atoms with Gasteiger partial charge in [0, 0.05) is 47.2 Å². The molecule has 0 spiro atoms. The molecule has 62 heavy (non-hydrogen) atoms. The Kier molecular flexibility index (Phi) is 16.6.